The maximum atomic E-state index is 3.49. The van der Waals surface area contributed by atoms with E-state index in [1.54, 1.807) is 0 Å². The van der Waals surface area contributed by atoms with Crippen LogP contribution in [0.15, 0.2) is 0 Å². The molecule has 0 aromatic carbocycles. The number of hydrogen-bond acceptors (Lipinski definition) is 0. The van der Waals surface area contributed by atoms with Crippen LogP contribution < -0.4 is 0 Å². The topological polar surface area (TPSA) is 0 Å². The van der Waals surface area contributed by atoms with Crippen LogP contribution >= 0.6 is 0 Å². The second kappa shape index (κ2) is 29.9. The van der Waals surface area contributed by atoms with Crippen molar-refractivity contribution >= 4 is 0 Å². The molecule has 44 valence electrons. The van der Waals surface area contributed by atoms with Crippen LogP contribution in [0.25, 0.3) is 0 Å². The number of rotatable bonds is 0. The van der Waals surface area contributed by atoms with Gasteiger partial charge < -0.3 is 13.8 Å². The van der Waals surface area contributed by atoms with E-state index in [0.29, 0.717) is 0 Å². The molecule has 0 radical (unpaired) electrons. The molecule has 0 spiro atoms. The zero-order valence-electron chi connectivity index (χ0n) is 5.24. The minimum Gasteiger partial charge on any atom is -0.344 e. The zero-order valence-corrected chi connectivity index (χ0v) is 8.17. The molecular weight excluding hydrogens is 256 g/mol. The molecule has 0 heterocycles. The first-order valence-corrected chi connectivity index (χ1v) is 2.41. The molecule has 0 rings (SSSR count). The Morgan fingerprint density at radius 3 is 1.00 bits per heavy atom. The summed E-state index contributed by atoms with van der Waals surface area (Å²) >= 11 is 0. The number of hydrogen-bond donors (Lipinski definition) is 0. The summed E-state index contributed by atoms with van der Waals surface area (Å²) in [7, 11) is 0. The summed E-state index contributed by atoms with van der Waals surface area (Å²) < 4.78 is 0. The Balaban J connectivity index is -0.0000000400. The first kappa shape index (κ1) is 15.6. The van der Waals surface area contributed by atoms with E-state index in [-0.39, 0.29) is 21.1 Å². The van der Waals surface area contributed by atoms with Crippen molar-refractivity contribution in [2.75, 3.05) is 0 Å². The molecule has 1 heteroatoms. The van der Waals surface area contributed by atoms with E-state index in [1.807, 2.05) is 13.8 Å². The standard InChI is InChI=1S/2C3H7.W/c2*1-3-2;/h2*1,3H2,2H3;/q2*-1;+2. The van der Waals surface area contributed by atoms with Crippen LogP contribution in [-0.4, -0.2) is 0 Å². The molecule has 0 fully saturated rings. The van der Waals surface area contributed by atoms with Gasteiger partial charge in [-0.25, -0.2) is 0 Å². The maximum Gasteiger partial charge on any atom is 2.00 e. The molecule has 0 atom stereocenters. The molecule has 0 N–H and O–H groups in total. The van der Waals surface area contributed by atoms with Crippen LogP contribution in [0.4, 0.5) is 0 Å². The smallest absolute Gasteiger partial charge is 0.344 e. The molecule has 7 heavy (non-hydrogen) atoms. The van der Waals surface area contributed by atoms with Crippen molar-refractivity contribution < 1.29 is 21.1 Å². The largest absolute Gasteiger partial charge is 2.00 e. The Labute approximate surface area is 62.0 Å². The van der Waals surface area contributed by atoms with Crippen molar-refractivity contribution in [3.63, 3.8) is 0 Å². The molecule has 0 amide bonds. The van der Waals surface area contributed by atoms with Crippen LogP contribution in [0.1, 0.15) is 26.7 Å². The van der Waals surface area contributed by atoms with E-state index in [1.165, 1.54) is 0 Å². The van der Waals surface area contributed by atoms with Crippen molar-refractivity contribution in [1.29, 1.82) is 0 Å². The predicted molar refractivity (Wildman–Crippen MR) is 31.3 cm³/mol. The second-order valence-corrected chi connectivity index (χ2v) is 1.000. The third-order valence-corrected chi connectivity index (χ3v) is 0. The van der Waals surface area contributed by atoms with Crippen LogP contribution in [0.2, 0.25) is 0 Å². The molecule has 0 aromatic heterocycles. The van der Waals surface area contributed by atoms with Gasteiger partial charge >= 0.3 is 21.1 Å². The first-order valence-electron chi connectivity index (χ1n) is 2.41. The van der Waals surface area contributed by atoms with E-state index >= 15 is 0 Å². The summed E-state index contributed by atoms with van der Waals surface area (Å²) in [6.07, 6.45) is 2.00. The van der Waals surface area contributed by atoms with Gasteiger partial charge in [-0.1, -0.05) is 13.8 Å². The van der Waals surface area contributed by atoms with Crippen LogP contribution in [-0.2, 0) is 21.1 Å². The van der Waals surface area contributed by atoms with Gasteiger partial charge in [-0.05, 0) is 0 Å². The molecule has 0 saturated carbocycles. The van der Waals surface area contributed by atoms with E-state index in [0.717, 1.165) is 12.8 Å². The summed E-state index contributed by atoms with van der Waals surface area (Å²) in [5.41, 5.74) is 0. The minimum absolute atomic E-state index is 0. The maximum absolute atomic E-state index is 3.49. The van der Waals surface area contributed by atoms with E-state index in [2.05, 4.69) is 13.8 Å². The third-order valence-electron chi connectivity index (χ3n) is 0. The summed E-state index contributed by atoms with van der Waals surface area (Å²) in [5.74, 6) is 0. The Hall–Kier alpha value is 0.688. The molecule has 0 nitrogen and oxygen atoms in total. The Bertz CT molecular complexity index is 6.14. The van der Waals surface area contributed by atoms with Gasteiger partial charge in [0.25, 0.3) is 0 Å². The van der Waals surface area contributed by atoms with Crippen molar-refractivity contribution in [3.05, 3.63) is 13.8 Å². The third kappa shape index (κ3) is 310. The zero-order chi connectivity index (χ0) is 5.41. The Morgan fingerprint density at radius 1 is 1.00 bits per heavy atom. The van der Waals surface area contributed by atoms with Crippen molar-refractivity contribution in [2.45, 2.75) is 26.7 Å². The molecule has 0 bridgehead atoms. The summed E-state index contributed by atoms with van der Waals surface area (Å²) in [5, 5.41) is 0. The van der Waals surface area contributed by atoms with Crippen molar-refractivity contribution in [2.24, 2.45) is 0 Å². The van der Waals surface area contributed by atoms with Gasteiger partial charge in [-0.3, -0.25) is 0 Å². The molecule has 0 aliphatic carbocycles. The molecule has 0 aliphatic heterocycles. The molecule has 0 unspecified atom stereocenters. The van der Waals surface area contributed by atoms with Gasteiger partial charge in [0.1, 0.15) is 0 Å². The summed E-state index contributed by atoms with van der Waals surface area (Å²) in [6.45, 7) is 11.0. The van der Waals surface area contributed by atoms with E-state index in [4.69, 9.17) is 0 Å². The van der Waals surface area contributed by atoms with Gasteiger partial charge in [0.2, 0.25) is 0 Å². The van der Waals surface area contributed by atoms with Crippen LogP contribution in [0.3, 0.4) is 0 Å². The van der Waals surface area contributed by atoms with Crippen LogP contribution in [0, 0.1) is 13.8 Å². The first-order chi connectivity index (χ1) is 2.83. The van der Waals surface area contributed by atoms with Crippen molar-refractivity contribution in [1.82, 2.24) is 0 Å². The minimum atomic E-state index is 0. The van der Waals surface area contributed by atoms with Gasteiger partial charge in [0.15, 0.2) is 0 Å². The molecular formula is C6H14W. The average molecular weight is 270 g/mol. The normalized spacial score (nSPS) is 5.14. The van der Waals surface area contributed by atoms with Gasteiger partial charge in [0, 0.05) is 0 Å². The van der Waals surface area contributed by atoms with E-state index in [9.17, 15) is 0 Å². The van der Waals surface area contributed by atoms with Crippen molar-refractivity contribution in [3.8, 4) is 0 Å². The Kier molecular flexibility index (Phi) is 66.9. The monoisotopic (exact) mass is 270 g/mol. The van der Waals surface area contributed by atoms with E-state index < -0.39 is 0 Å². The molecule has 0 aromatic rings. The fourth-order valence-electron chi connectivity index (χ4n) is 0. The predicted octanol–water partition coefficient (Wildman–Crippen LogP) is 2.46. The summed E-state index contributed by atoms with van der Waals surface area (Å²) in [4.78, 5) is 0. The van der Waals surface area contributed by atoms with Gasteiger partial charge in [-0.2, -0.15) is 12.8 Å². The van der Waals surface area contributed by atoms with Gasteiger partial charge in [0.05, 0.1) is 0 Å². The molecule has 0 aliphatic rings. The van der Waals surface area contributed by atoms with Crippen LogP contribution in [0.5, 0.6) is 0 Å². The fourth-order valence-corrected chi connectivity index (χ4v) is 0. The average Bonchev–Trinajstić information content (AvgIpc) is 1.39. The van der Waals surface area contributed by atoms with Gasteiger partial charge in [-0.15, -0.1) is 0 Å². The Morgan fingerprint density at radius 2 is 1.00 bits per heavy atom. The summed E-state index contributed by atoms with van der Waals surface area (Å²) in [6, 6.07) is 0. The quantitative estimate of drug-likeness (QED) is 0.593. The fraction of sp³-hybridized carbons (Fsp3) is 0.667. The second-order valence-electron chi connectivity index (χ2n) is 1.000. The SMILES string of the molecule is [CH2-]CC.[CH2-]CC.[W+2]. The molecule has 0 saturated heterocycles.